The number of nitrogens with one attached hydrogen (secondary N) is 3. The number of carbonyl (C=O) groups is 2. The van der Waals surface area contributed by atoms with Crippen LogP contribution in [0.1, 0.15) is 19.0 Å². The van der Waals surface area contributed by atoms with Gasteiger partial charge in [-0.1, -0.05) is 13.0 Å². The molecule has 8 heteroatoms. The molecule has 0 atom stereocenters. The Hall–Kier alpha value is -2.90. The maximum absolute atomic E-state index is 13.3. The minimum Gasteiger partial charge on any atom is -0.355 e. The summed E-state index contributed by atoms with van der Waals surface area (Å²) in [5.74, 6) is -0.315. The Balaban J connectivity index is 1.95. The molecule has 0 bridgehead atoms. The lowest BCUT2D eigenvalue weighted by Crippen LogP contribution is -2.39. The van der Waals surface area contributed by atoms with Gasteiger partial charge in [-0.05, 0) is 31.5 Å². The van der Waals surface area contributed by atoms with Crippen LogP contribution in [0.5, 0.6) is 0 Å². The van der Waals surface area contributed by atoms with Crippen LogP contribution < -0.4 is 16.0 Å². The first kappa shape index (κ1) is 17.5. The molecule has 0 saturated carbocycles. The van der Waals surface area contributed by atoms with E-state index >= 15 is 0 Å². The molecule has 0 aliphatic rings. The third-order valence-electron chi connectivity index (χ3n) is 3.16. The first-order chi connectivity index (χ1) is 11.5. The van der Waals surface area contributed by atoms with E-state index in [1.165, 1.54) is 16.8 Å². The fourth-order valence-electron chi connectivity index (χ4n) is 2.05. The van der Waals surface area contributed by atoms with Crippen molar-refractivity contribution in [2.45, 2.75) is 20.3 Å². The minimum atomic E-state index is -0.537. The highest BCUT2D eigenvalue weighted by Crippen LogP contribution is 2.15. The maximum atomic E-state index is 13.3. The van der Waals surface area contributed by atoms with Crippen molar-refractivity contribution in [3.63, 3.8) is 0 Å². The molecule has 1 heterocycles. The number of aromatic nitrogens is 2. The largest absolute Gasteiger partial charge is 0.355 e. The Bertz CT molecular complexity index is 729. The van der Waals surface area contributed by atoms with E-state index in [-0.39, 0.29) is 18.3 Å². The van der Waals surface area contributed by atoms with Crippen molar-refractivity contribution >= 4 is 17.8 Å². The number of urea groups is 1. The Morgan fingerprint density at radius 2 is 2.04 bits per heavy atom. The Morgan fingerprint density at radius 3 is 2.75 bits per heavy atom. The highest BCUT2D eigenvalue weighted by Gasteiger charge is 2.10. The minimum absolute atomic E-state index is 0.116. The summed E-state index contributed by atoms with van der Waals surface area (Å²) >= 11 is 0. The molecule has 24 heavy (non-hydrogen) atoms. The number of amides is 3. The number of benzene rings is 1. The van der Waals surface area contributed by atoms with Gasteiger partial charge in [-0.3, -0.25) is 10.1 Å². The summed E-state index contributed by atoms with van der Waals surface area (Å²) in [5, 5.41) is 11.9. The Labute approximate surface area is 139 Å². The van der Waals surface area contributed by atoms with Crippen molar-refractivity contribution < 1.29 is 14.0 Å². The summed E-state index contributed by atoms with van der Waals surface area (Å²) in [6, 6.07) is 7.11. The summed E-state index contributed by atoms with van der Waals surface area (Å²) in [4.78, 5) is 23.2. The van der Waals surface area contributed by atoms with Crippen LogP contribution in [0.2, 0.25) is 0 Å². The van der Waals surface area contributed by atoms with Crippen molar-refractivity contribution in [1.29, 1.82) is 0 Å². The lowest BCUT2D eigenvalue weighted by atomic mass is 10.3. The fraction of sp³-hybridized carbons (Fsp3) is 0.312. The monoisotopic (exact) mass is 333 g/mol. The molecule has 3 N–H and O–H groups in total. The number of rotatable bonds is 6. The van der Waals surface area contributed by atoms with E-state index in [0.29, 0.717) is 18.1 Å². The second kappa shape index (κ2) is 8.09. The van der Waals surface area contributed by atoms with Gasteiger partial charge in [0, 0.05) is 18.3 Å². The lowest BCUT2D eigenvalue weighted by Gasteiger charge is -2.06. The van der Waals surface area contributed by atoms with Gasteiger partial charge in [0.05, 0.1) is 12.2 Å². The van der Waals surface area contributed by atoms with Crippen molar-refractivity contribution in [1.82, 2.24) is 20.4 Å². The van der Waals surface area contributed by atoms with E-state index in [4.69, 9.17) is 0 Å². The zero-order valence-corrected chi connectivity index (χ0v) is 13.6. The third kappa shape index (κ3) is 4.80. The van der Waals surface area contributed by atoms with Gasteiger partial charge in [-0.25, -0.2) is 13.9 Å². The van der Waals surface area contributed by atoms with Gasteiger partial charge in [0.2, 0.25) is 5.91 Å². The molecule has 0 fully saturated rings. The molecule has 0 aliphatic heterocycles. The van der Waals surface area contributed by atoms with Crippen LogP contribution in [-0.4, -0.2) is 34.8 Å². The normalized spacial score (nSPS) is 10.3. The molecule has 1 aromatic heterocycles. The average Bonchev–Trinajstić information content (AvgIpc) is 2.91. The van der Waals surface area contributed by atoms with Crippen LogP contribution >= 0.6 is 0 Å². The molecule has 128 valence electrons. The topological polar surface area (TPSA) is 88.0 Å². The molecule has 7 nitrogen and oxygen atoms in total. The summed E-state index contributed by atoms with van der Waals surface area (Å²) in [6.07, 6.45) is 0.828. The smallest absolute Gasteiger partial charge is 0.320 e. The van der Waals surface area contributed by atoms with Crippen molar-refractivity contribution in [2.75, 3.05) is 18.4 Å². The zero-order chi connectivity index (χ0) is 17.5. The quantitative estimate of drug-likeness (QED) is 0.755. The van der Waals surface area contributed by atoms with E-state index in [2.05, 4.69) is 21.0 Å². The molecule has 0 aliphatic carbocycles. The molecule has 0 saturated heterocycles. The molecular weight excluding hydrogens is 313 g/mol. The standard InChI is InChI=1S/C16H20FN5O2/c1-3-7-18-15(23)10-19-16(24)20-14-8-11(2)22(21-14)13-6-4-5-12(17)9-13/h4-6,8-9H,3,7,10H2,1-2H3,(H,18,23)(H2,19,20,21,24). The Kier molecular flexibility index (Phi) is 5.89. The van der Waals surface area contributed by atoms with Gasteiger partial charge in [0.15, 0.2) is 5.82 Å². The number of hydrogen-bond donors (Lipinski definition) is 3. The number of aryl methyl sites for hydroxylation is 1. The first-order valence-electron chi connectivity index (χ1n) is 7.63. The highest BCUT2D eigenvalue weighted by molar-refractivity contribution is 5.91. The van der Waals surface area contributed by atoms with E-state index in [0.717, 1.165) is 12.1 Å². The van der Waals surface area contributed by atoms with Crippen molar-refractivity contribution in [3.05, 3.63) is 41.8 Å². The molecule has 0 radical (unpaired) electrons. The number of halogens is 1. The maximum Gasteiger partial charge on any atom is 0.320 e. The van der Waals surface area contributed by atoms with Crippen LogP contribution in [0.15, 0.2) is 30.3 Å². The zero-order valence-electron chi connectivity index (χ0n) is 13.6. The first-order valence-corrected chi connectivity index (χ1v) is 7.63. The molecular formula is C16H20FN5O2. The summed E-state index contributed by atoms with van der Waals surface area (Å²) in [7, 11) is 0. The molecule has 0 unspecified atom stereocenters. The van der Waals surface area contributed by atoms with Crippen LogP contribution in [0.4, 0.5) is 15.0 Å². The van der Waals surface area contributed by atoms with Gasteiger partial charge < -0.3 is 10.6 Å². The predicted molar refractivity (Wildman–Crippen MR) is 88.6 cm³/mol. The second-order valence-electron chi connectivity index (χ2n) is 5.22. The second-order valence-corrected chi connectivity index (χ2v) is 5.22. The van der Waals surface area contributed by atoms with Crippen LogP contribution in [0.3, 0.4) is 0 Å². The number of anilines is 1. The summed E-state index contributed by atoms with van der Waals surface area (Å²) in [6.45, 7) is 4.19. The summed E-state index contributed by atoms with van der Waals surface area (Å²) < 4.78 is 14.8. The van der Waals surface area contributed by atoms with E-state index in [1.54, 1.807) is 25.1 Å². The van der Waals surface area contributed by atoms with E-state index < -0.39 is 6.03 Å². The molecule has 2 aromatic rings. The van der Waals surface area contributed by atoms with Crippen molar-refractivity contribution in [2.24, 2.45) is 0 Å². The third-order valence-corrected chi connectivity index (χ3v) is 3.16. The van der Waals surface area contributed by atoms with Gasteiger partial charge >= 0.3 is 6.03 Å². The molecule has 1 aromatic carbocycles. The molecule has 0 spiro atoms. The fourth-order valence-corrected chi connectivity index (χ4v) is 2.05. The van der Waals surface area contributed by atoms with E-state index in [1.807, 2.05) is 6.92 Å². The van der Waals surface area contributed by atoms with Gasteiger partial charge in [0.25, 0.3) is 0 Å². The SMILES string of the molecule is CCCNC(=O)CNC(=O)Nc1cc(C)n(-c2cccc(F)c2)n1. The summed E-state index contributed by atoms with van der Waals surface area (Å²) in [5.41, 5.74) is 1.29. The van der Waals surface area contributed by atoms with Crippen LogP contribution in [-0.2, 0) is 4.79 Å². The highest BCUT2D eigenvalue weighted by atomic mass is 19.1. The lowest BCUT2D eigenvalue weighted by molar-refractivity contribution is -0.120. The number of carbonyl (C=O) groups excluding carboxylic acids is 2. The van der Waals surface area contributed by atoms with Gasteiger partial charge in [0.1, 0.15) is 5.82 Å². The van der Waals surface area contributed by atoms with Gasteiger partial charge in [-0.15, -0.1) is 5.10 Å². The van der Waals surface area contributed by atoms with Gasteiger partial charge in [-0.2, -0.15) is 0 Å². The van der Waals surface area contributed by atoms with Crippen LogP contribution in [0, 0.1) is 12.7 Å². The average molecular weight is 333 g/mol. The number of hydrogen-bond acceptors (Lipinski definition) is 3. The predicted octanol–water partition coefficient (Wildman–Crippen LogP) is 1.97. The molecule has 3 amide bonds. The van der Waals surface area contributed by atoms with Crippen molar-refractivity contribution in [3.8, 4) is 5.69 Å². The van der Waals surface area contributed by atoms with Crippen LogP contribution in [0.25, 0.3) is 5.69 Å². The molecule has 2 rings (SSSR count). The number of nitrogens with zero attached hydrogens (tertiary/aromatic N) is 2. The Morgan fingerprint density at radius 1 is 1.25 bits per heavy atom. The van der Waals surface area contributed by atoms with E-state index in [9.17, 15) is 14.0 Å².